The van der Waals surface area contributed by atoms with Gasteiger partial charge in [0.05, 0.1) is 0 Å². The van der Waals surface area contributed by atoms with Crippen LogP contribution in [0.25, 0.3) is 0 Å². The first kappa shape index (κ1) is 31.1. The molecular formula is C27H60N2. The summed E-state index contributed by atoms with van der Waals surface area (Å²) < 4.78 is 0. The molecule has 0 amide bonds. The topological polar surface area (TPSA) is 6.48 Å². The highest BCUT2D eigenvalue weighted by Crippen LogP contribution is 2.49. The fourth-order valence-electron chi connectivity index (χ4n) is 5.59. The molecule has 178 valence electrons. The van der Waals surface area contributed by atoms with Gasteiger partial charge in [0.2, 0.25) is 0 Å². The fraction of sp³-hybridized carbons (Fsp3) is 1.00. The average Bonchev–Trinajstić information content (AvgIpc) is 3.40. The number of nitrogens with zero attached hydrogens (tertiary/aromatic N) is 2. The maximum Gasteiger partial charge on any atom is 0.00698 e. The van der Waals surface area contributed by atoms with E-state index in [0.717, 1.165) is 22.9 Å². The molecule has 29 heavy (non-hydrogen) atoms. The summed E-state index contributed by atoms with van der Waals surface area (Å²) in [6, 6.07) is 1.69. The predicted molar refractivity (Wildman–Crippen MR) is 136 cm³/mol. The predicted octanol–water partition coefficient (Wildman–Crippen LogP) is 8.26. The van der Waals surface area contributed by atoms with Crippen molar-refractivity contribution in [3.8, 4) is 0 Å². The molecule has 2 saturated heterocycles. The molecule has 2 unspecified atom stereocenters. The Morgan fingerprint density at radius 1 is 0.517 bits per heavy atom. The Labute approximate surface area is 187 Å². The van der Waals surface area contributed by atoms with Crippen molar-refractivity contribution in [1.82, 2.24) is 9.80 Å². The Morgan fingerprint density at radius 2 is 0.793 bits per heavy atom. The third-order valence-electron chi connectivity index (χ3n) is 7.21. The molecule has 0 N–H and O–H groups in total. The Kier molecular flexibility index (Phi) is 17.8. The van der Waals surface area contributed by atoms with E-state index in [0.29, 0.717) is 0 Å². The van der Waals surface area contributed by atoms with E-state index in [4.69, 9.17) is 0 Å². The Hall–Kier alpha value is -0.0800. The molecule has 4 fully saturated rings. The van der Waals surface area contributed by atoms with Gasteiger partial charge < -0.3 is 9.80 Å². The standard InChI is InChI=1S/C10H19N.C9H17N.4C2H6/c1-9-7-10(8-11(9)2)5-3-4-6-10;1-8-6-9(4-3-5-9)7-10(8)2;4*1-2/h9H,3-8H2,1-2H3;8H,3-7H2,1-2H3;4*1-2H3. The van der Waals surface area contributed by atoms with Gasteiger partial charge in [-0.15, -0.1) is 0 Å². The Balaban J connectivity index is 0. The minimum absolute atomic E-state index is 0.758. The summed E-state index contributed by atoms with van der Waals surface area (Å²) in [5.74, 6) is 0. The first-order valence-electron chi connectivity index (χ1n) is 13.3. The number of hydrogen-bond donors (Lipinski definition) is 0. The van der Waals surface area contributed by atoms with Gasteiger partial charge in [-0.05, 0) is 77.3 Å². The molecule has 2 atom stereocenters. The van der Waals surface area contributed by atoms with Crippen molar-refractivity contribution in [2.45, 2.75) is 139 Å². The minimum atomic E-state index is 0.758. The second-order valence-electron chi connectivity index (χ2n) is 9.00. The monoisotopic (exact) mass is 412 g/mol. The lowest BCUT2D eigenvalue weighted by atomic mass is 9.68. The van der Waals surface area contributed by atoms with Gasteiger partial charge in [0.15, 0.2) is 0 Å². The molecule has 0 aromatic carbocycles. The van der Waals surface area contributed by atoms with Crippen LogP contribution in [0.3, 0.4) is 0 Å². The number of hydrogen-bond acceptors (Lipinski definition) is 2. The first-order valence-corrected chi connectivity index (χ1v) is 13.3. The molecule has 0 aromatic rings. The quantitative estimate of drug-likeness (QED) is 0.395. The van der Waals surface area contributed by atoms with Crippen molar-refractivity contribution >= 4 is 0 Å². The molecule has 2 heteroatoms. The van der Waals surface area contributed by atoms with Crippen LogP contribution in [0.1, 0.15) is 127 Å². The van der Waals surface area contributed by atoms with Gasteiger partial charge in [-0.2, -0.15) is 0 Å². The zero-order valence-corrected chi connectivity index (χ0v) is 22.8. The summed E-state index contributed by atoms with van der Waals surface area (Å²) in [6.45, 7) is 23.5. The molecule has 2 aliphatic heterocycles. The summed E-state index contributed by atoms with van der Waals surface area (Å²) >= 11 is 0. The zero-order chi connectivity index (χ0) is 23.1. The van der Waals surface area contributed by atoms with Crippen LogP contribution in [-0.2, 0) is 0 Å². The van der Waals surface area contributed by atoms with E-state index in [1.807, 2.05) is 55.4 Å². The summed E-state index contributed by atoms with van der Waals surface area (Å²) in [6.07, 6.45) is 13.4. The van der Waals surface area contributed by atoms with Gasteiger partial charge in [-0.25, -0.2) is 0 Å². The second-order valence-corrected chi connectivity index (χ2v) is 9.00. The Bertz CT molecular complexity index is 332. The van der Waals surface area contributed by atoms with Gasteiger partial charge in [-0.3, -0.25) is 0 Å². The zero-order valence-electron chi connectivity index (χ0n) is 22.8. The second kappa shape index (κ2) is 16.6. The lowest BCUT2D eigenvalue weighted by molar-refractivity contribution is 0.145. The normalized spacial score (nSPS) is 28.1. The molecule has 2 heterocycles. The molecule has 2 nitrogen and oxygen atoms in total. The van der Waals surface area contributed by atoms with E-state index in [1.165, 1.54) is 70.9 Å². The molecule has 2 saturated carbocycles. The van der Waals surface area contributed by atoms with Crippen molar-refractivity contribution in [3.63, 3.8) is 0 Å². The van der Waals surface area contributed by atoms with Crippen LogP contribution < -0.4 is 0 Å². The summed E-state index contributed by atoms with van der Waals surface area (Å²) in [4.78, 5) is 5.05. The maximum atomic E-state index is 2.53. The number of rotatable bonds is 0. The molecule has 0 aromatic heterocycles. The van der Waals surface area contributed by atoms with Crippen molar-refractivity contribution in [2.75, 3.05) is 27.2 Å². The van der Waals surface area contributed by atoms with Crippen LogP contribution in [0.5, 0.6) is 0 Å². The van der Waals surface area contributed by atoms with Crippen LogP contribution in [0, 0.1) is 10.8 Å². The minimum Gasteiger partial charge on any atom is -0.303 e. The van der Waals surface area contributed by atoms with E-state index in [2.05, 4.69) is 37.7 Å². The largest absolute Gasteiger partial charge is 0.303 e. The Morgan fingerprint density at radius 3 is 0.966 bits per heavy atom. The molecule has 0 radical (unpaired) electrons. The highest BCUT2D eigenvalue weighted by Gasteiger charge is 2.44. The van der Waals surface area contributed by atoms with Gasteiger partial charge in [-0.1, -0.05) is 74.7 Å². The first-order chi connectivity index (χ1) is 13.9. The summed E-state index contributed by atoms with van der Waals surface area (Å²) in [5, 5.41) is 0. The van der Waals surface area contributed by atoms with Crippen LogP contribution >= 0.6 is 0 Å². The van der Waals surface area contributed by atoms with Crippen LogP contribution in [0.15, 0.2) is 0 Å². The fourth-order valence-corrected chi connectivity index (χ4v) is 5.59. The highest BCUT2D eigenvalue weighted by molar-refractivity contribution is 4.98. The van der Waals surface area contributed by atoms with Gasteiger partial charge >= 0.3 is 0 Å². The molecule has 4 aliphatic rings. The molecule has 4 rings (SSSR count). The van der Waals surface area contributed by atoms with Crippen LogP contribution in [-0.4, -0.2) is 49.1 Å². The van der Waals surface area contributed by atoms with Crippen molar-refractivity contribution < 1.29 is 0 Å². The highest BCUT2D eigenvalue weighted by atomic mass is 15.2. The smallest absolute Gasteiger partial charge is 0.00698 e. The molecule has 2 spiro atoms. The SMILES string of the molecule is CC.CC.CC.CC.CC1CC2(CCC2)CN1C.CC1CC2(CCCC2)CN1C. The molecular weight excluding hydrogens is 352 g/mol. The van der Waals surface area contributed by atoms with E-state index < -0.39 is 0 Å². The lowest BCUT2D eigenvalue weighted by Gasteiger charge is -2.37. The summed E-state index contributed by atoms with van der Waals surface area (Å²) in [5.41, 5.74) is 1.54. The van der Waals surface area contributed by atoms with Crippen LogP contribution in [0.4, 0.5) is 0 Å². The van der Waals surface area contributed by atoms with E-state index in [-0.39, 0.29) is 0 Å². The van der Waals surface area contributed by atoms with Gasteiger partial charge in [0.25, 0.3) is 0 Å². The maximum absolute atomic E-state index is 2.53. The number of likely N-dealkylation sites (tertiary alicyclic amines) is 2. The van der Waals surface area contributed by atoms with E-state index in [1.54, 1.807) is 0 Å². The van der Waals surface area contributed by atoms with Crippen molar-refractivity contribution in [1.29, 1.82) is 0 Å². The lowest BCUT2D eigenvalue weighted by Crippen LogP contribution is -2.31. The van der Waals surface area contributed by atoms with E-state index in [9.17, 15) is 0 Å². The van der Waals surface area contributed by atoms with Crippen molar-refractivity contribution in [2.24, 2.45) is 10.8 Å². The van der Waals surface area contributed by atoms with Crippen molar-refractivity contribution in [3.05, 3.63) is 0 Å². The van der Waals surface area contributed by atoms with Gasteiger partial charge in [0.1, 0.15) is 0 Å². The summed E-state index contributed by atoms with van der Waals surface area (Å²) in [7, 11) is 4.54. The van der Waals surface area contributed by atoms with Crippen LogP contribution in [0.2, 0.25) is 0 Å². The third kappa shape index (κ3) is 9.30. The average molecular weight is 413 g/mol. The molecule has 2 aliphatic carbocycles. The third-order valence-corrected chi connectivity index (χ3v) is 7.21. The van der Waals surface area contributed by atoms with Gasteiger partial charge in [0, 0.05) is 25.2 Å². The molecule has 0 bridgehead atoms. The van der Waals surface area contributed by atoms with E-state index >= 15 is 0 Å².